The molecular weight excluding hydrogens is 471 g/mol. The summed E-state index contributed by atoms with van der Waals surface area (Å²) in [6, 6.07) is 5.31. The number of rotatable bonds is 25. The molecule has 1 aromatic carbocycles. The first-order chi connectivity index (χ1) is 17.5. The Balaban J connectivity index is 0.0000130. The van der Waals surface area contributed by atoms with Crippen LogP contribution in [0.1, 0.15) is 166 Å². The van der Waals surface area contributed by atoms with Crippen molar-refractivity contribution in [1.29, 1.82) is 0 Å². The predicted molar refractivity (Wildman–Crippen MR) is 155 cm³/mol. The number of unbranched alkanes of at least 4 members (excludes halogenated alkanes) is 20. The molecule has 0 fully saturated rings. The molecule has 0 aromatic heterocycles. The van der Waals surface area contributed by atoms with E-state index >= 15 is 0 Å². The summed E-state index contributed by atoms with van der Waals surface area (Å²) >= 11 is 0. The molecule has 0 bridgehead atoms. The van der Waals surface area contributed by atoms with Crippen molar-refractivity contribution >= 4 is 10.1 Å². The van der Waals surface area contributed by atoms with Gasteiger partial charge in [-0.1, -0.05) is 154 Å². The average Bonchev–Trinajstić information content (AvgIpc) is 2.85. The Morgan fingerprint density at radius 1 is 0.541 bits per heavy atom. The zero-order chi connectivity index (χ0) is 26.3. The molecule has 0 saturated carbocycles. The van der Waals surface area contributed by atoms with E-state index in [4.69, 9.17) is 0 Å². The van der Waals surface area contributed by atoms with Gasteiger partial charge in [-0.3, -0.25) is 0 Å². The normalized spacial score (nSPS) is 11.5. The van der Waals surface area contributed by atoms with E-state index in [1.165, 1.54) is 128 Å². The molecule has 0 atom stereocenters. The smallest absolute Gasteiger partial charge is 0.744 e. The molecule has 210 valence electrons. The Bertz CT molecular complexity index is 748. The second-order valence-electron chi connectivity index (χ2n) is 10.9. The summed E-state index contributed by atoms with van der Waals surface area (Å²) < 4.78 is 35.7. The van der Waals surface area contributed by atoms with Crippen molar-refractivity contribution in [2.45, 2.75) is 173 Å². The molecule has 5 heteroatoms. The van der Waals surface area contributed by atoms with E-state index in [1.807, 2.05) is 6.07 Å². The van der Waals surface area contributed by atoms with E-state index in [9.17, 15) is 13.0 Å². The summed E-state index contributed by atoms with van der Waals surface area (Å²) in [5, 5.41) is 0. The third-order valence-electron chi connectivity index (χ3n) is 7.58. The maximum atomic E-state index is 11.9. The molecule has 0 saturated heterocycles. The van der Waals surface area contributed by atoms with Crippen molar-refractivity contribution in [3.63, 3.8) is 0 Å². The molecule has 0 heterocycles. The van der Waals surface area contributed by atoms with Gasteiger partial charge >= 0.3 is 18.9 Å². The number of benzene rings is 1. The van der Waals surface area contributed by atoms with Crippen LogP contribution in [0.4, 0.5) is 0 Å². The van der Waals surface area contributed by atoms with E-state index in [0.717, 1.165) is 36.8 Å². The Labute approximate surface area is 243 Å². The first-order valence-corrected chi connectivity index (χ1v) is 17.0. The van der Waals surface area contributed by atoms with Gasteiger partial charge in [0.15, 0.2) is 0 Å². The summed E-state index contributed by atoms with van der Waals surface area (Å²) in [6.07, 6.45) is 29.9. The Hall–Kier alpha value is -0.273. The third-order valence-corrected chi connectivity index (χ3v) is 8.50. The van der Waals surface area contributed by atoms with Crippen molar-refractivity contribution in [2.75, 3.05) is 0 Å². The maximum Gasteiger partial charge on any atom is 1.00 e. The van der Waals surface area contributed by atoms with Crippen molar-refractivity contribution in [2.24, 2.45) is 0 Å². The summed E-state index contributed by atoms with van der Waals surface area (Å²) in [6.45, 7) is 4.52. The monoisotopic (exact) mass is 528 g/mol. The largest absolute Gasteiger partial charge is 1.00 e. The molecule has 0 unspecified atom stereocenters. The minimum atomic E-state index is -4.42. The van der Waals surface area contributed by atoms with Gasteiger partial charge in [0, 0.05) is 0 Å². The van der Waals surface area contributed by atoms with Gasteiger partial charge in [0.1, 0.15) is 10.1 Å². The van der Waals surface area contributed by atoms with Crippen LogP contribution in [0.5, 0.6) is 0 Å². The van der Waals surface area contributed by atoms with Crippen LogP contribution in [0.25, 0.3) is 0 Å². The first-order valence-electron chi connectivity index (χ1n) is 15.6. The average molecular weight is 529 g/mol. The van der Waals surface area contributed by atoms with Gasteiger partial charge < -0.3 is 4.55 Å². The second kappa shape index (κ2) is 24.7. The first kappa shape index (κ1) is 36.7. The van der Waals surface area contributed by atoms with Crippen LogP contribution >= 0.6 is 0 Å². The maximum absolute atomic E-state index is 11.9. The molecule has 1 aromatic rings. The molecule has 0 amide bonds. The molecule has 0 aliphatic rings. The van der Waals surface area contributed by atoms with Crippen molar-refractivity contribution in [3.05, 3.63) is 29.3 Å². The van der Waals surface area contributed by atoms with Gasteiger partial charge in [0.2, 0.25) is 0 Å². The van der Waals surface area contributed by atoms with E-state index in [2.05, 4.69) is 13.8 Å². The molecule has 0 aliphatic carbocycles. The quantitative estimate of drug-likeness (QED) is 0.0760. The third kappa shape index (κ3) is 19.4. The van der Waals surface area contributed by atoms with Crippen LogP contribution < -0.4 is 18.9 Å². The standard InChI is InChI=1S/C32H58O3S.Li/c1-3-5-7-9-11-13-15-17-19-21-23-26-30-27-25-29-32(36(33,34)35)31(30)28-24-22-20-18-16-14-12-10-8-6-4-2;/h25,27,29H,3-24,26,28H2,1-2H3,(H,33,34,35);/q;+1/p-1. The molecule has 1 rings (SSSR count). The number of hydrogen-bond donors (Lipinski definition) is 0. The summed E-state index contributed by atoms with van der Waals surface area (Å²) in [5.41, 5.74) is 1.88. The van der Waals surface area contributed by atoms with E-state index in [1.54, 1.807) is 6.07 Å². The molecule has 0 aliphatic heterocycles. The molecule has 0 radical (unpaired) electrons. The molecule has 3 nitrogen and oxygen atoms in total. The predicted octanol–water partition coefficient (Wildman–Crippen LogP) is 7.30. The van der Waals surface area contributed by atoms with E-state index in [0.29, 0.717) is 6.42 Å². The zero-order valence-corrected chi connectivity index (χ0v) is 25.7. The molecule has 0 spiro atoms. The Morgan fingerprint density at radius 3 is 1.27 bits per heavy atom. The van der Waals surface area contributed by atoms with Gasteiger partial charge in [-0.25, -0.2) is 8.42 Å². The summed E-state index contributed by atoms with van der Waals surface area (Å²) in [4.78, 5) is 0.0233. The number of hydrogen-bond acceptors (Lipinski definition) is 3. The van der Waals surface area contributed by atoms with Crippen molar-refractivity contribution < 1.29 is 31.8 Å². The summed E-state index contributed by atoms with van der Waals surface area (Å²) in [5.74, 6) is 0. The molecular formula is C32H57LiO3S. The fraction of sp³-hybridized carbons (Fsp3) is 0.812. The number of aryl methyl sites for hydroxylation is 1. The second-order valence-corrected chi connectivity index (χ2v) is 12.3. The van der Waals surface area contributed by atoms with Gasteiger partial charge in [0.05, 0.1) is 4.90 Å². The topological polar surface area (TPSA) is 57.2 Å². The minimum absolute atomic E-state index is 0. The fourth-order valence-electron chi connectivity index (χ4n) is 5.31. The van der Waals surface area contributed by atoms with E-state index in [-0.39, 0.29) is 23.8 Å². The van der Waals surface area contributed by atoms with Crippen LogP contribution in [0.3, 0.4) is 0 Å². The fourth-order valence-corrected chi connectivity index (χ4v) is 6.09. The van der Waals surface area contributed by atoms with Gasteiger partial charge in [0.25, 0.3) is 0 Å². The Morgan fingerprint density at radius 2 is 0.892 bits per heavy atom. The molecule has 0 N–H and O–H groups in total. The van der Waals surface area contributed by atoms with Crippen LogP contribution in [-0.4, -0.2) is 13.0 Å². The van der Waals surface area contributed by atoms with Crippen LogP contribution in [0.2, 0.25) is 0 Å². The van der Waals surface area contributed by atoms with E-state index < -0.39 is 10.1 Å². The van der Waals surface area contributed by atoms with Gasteiger partial charge in [-0.15, -0.1) is 0 Å². The van der Waals surface area contributed by atoms with Crippen LogP contribution in [-0.2, 0) is 23.0 Å². The van der Waals surface area contributed by atoms with Crippen LogP contribution in [0.15, 0.2) is 23.1 Å². The molecule has 37 heavy (non-hydrogen) atoms. The Kier molecular flexibility index (Phi) is 24.6. The van der Waals surface area contributed by atoms with Gasteiger partial charge in [-0.05, 0) is 42.9 Å². The van der Waals surface area contributed by atoms with Gasteiger partial charge in [-0.2, -0.15) is 0 Å². The van der Waals surface area contributed by atoms with Crippen LogP contribution in [0, 0.1) is 0 Å². The minimum Gasteiger partial charge on any atom is -0.744 e. The SMILES string of the molecule is CCCCCCCCCCCCCc1cccc(S(=O)(=O)[O-])c1CCCCCCCCCCCCC.[Li+]. The van der Waals surface area contributed by atoms with Crippen molar-refractivity contribution in [3.8, 4) is 0 Å². The summed E-state index contributed by atoms with van der Waals surface area (Å²) in [7, 11) is -4.42. The van der Waals surface area contributed by atoms with Crippen molar-refractivity contribution in [1.82, 2.24) is 0 Å². The zero-order valence-electron chi connectivity index (χ0n) is 24.8.